The lowest BCUT2D eigenvalue weighted by Crippen LogP contribution is -2.18. The molecule has 16 heavy (non-hydrogen) atoms. The minimum absolute atomic E-state index is 0.132. The van der Waals surface area contributed by atoms with Crippen molar-refractivity contribution in [2.24, 2.45) is 11.7 Å². The van der Waals surface area contributed by atoms with Crippen LogP contribution in [0.3, 0.4) is 0 Å². The maximum atomic E-state index is 5.68. The summed E-state index contributed by atoms with van der Waals surface area (Å²) in [4.78, 5) is 4.29. The largest absolute Gasteiger partial charge is 0.373 e. The molecule has 0 amide bonds. The first-order valence-electron chi connectivity index (χ1n) is 5.79. The second-order valence-electron chi connectivity index (χ2n) is 4.19. The van der Waals surface area contributed by atoms with Gasteiger partial charge in [0.2, 0.25) is 5.89 Å². The van der Waals surface area contributed by atoms with Crippen LogP contribution in [-0.2, 0) is 11.3 Å². The van der Waals surface area contributed by atoms with Crippen molar-refractivity contribution in [3.63, 3.8) is 0 Å². The van der Waals surface area contributed by atoms with E-state index >= 15 is 0 Å². The van der Waals surface area contributed by atoms with Crippen molar-refractivity contribution in [2.45, 2.75) is 39.7 Å². The molecule has 1 atom stereocenters. The van der Waals surface area contributed by atoms with Crippen molar-refractivity contribution in [1.29, 1.82) is 0 Å². The molecule has 0 aliphatic carbocycles. The van der Waals surface area contributed by atoms with Gasteiger partial charge >= 0.3 is 0 Å². The van der Waals surface area contributed by atoms with E-state index in [9.17, 15) is 0 Å². The van der Waals surface area contributed by atoms with Crippen LogP contribution in [0.2, 0.25) is 0 Å². The Balaban J connectivity index is 2.55. The van der Waals surface area contributed by atoms with Crippen molar-refractivity contribution < 1.29 is 9.26 Å². The summed E-state index contributed by atoms with van der Waals surface area (Å²) in [7, 11) is 0. The Labute approximate surface area is 96.4 Å². The first-order valence-corrected chi connectivity index (χ1v) is 5.79. The highest BCUT2D eigenvalue weighted by atomic mass is 16.5. The minimum Gasteiger partial charge on any atom is -0.373 e. The molecule has 0 aromatic carbocycles. The Hall–Kier alpha value is -0.940. The molecule has 92 valence electrons. The lowest BCUT2D eigenvalue weighted by molar-refractivity contribution is 0.114. The van der Waals surface area contributed by atoms with Crippen molar-refractivity contribution >= 4 is 0 Å². The molecular formula is C11H21N3O2. The molecule has 0 fully saturated rings. The van der Waals surface area contributed by atoms with Gasteiger partial charge in [0.05, 0.1) is 5.92 Å². The van der Waals surface area contributed by atoms with Crippen molar-refractivity contribution in [2.75, 3.05) is 13.2 Å². The molecule has 5 heteroatoms. The molecule has 0 bridgehead atoms. The molecule has 0 radical (unpaired) electrons. The molecule has 1 aromatic rings. The van der Waals surface area contributed by atoms with E-state index in [1.54, 1.807) is 0 Å². The summed E-state index contributed by atoms with van der Waals surface area (Å²) in [5, 5.41) is 3.87. The summed E-state index contributed by atoms with van der Waals surface area (Å²) in [6, 6.07) is 0. The second-order valence-corrected chi connectivity index (χ2v) is 4.19. The fraction of sp³-hybridized carbons (Fsp3) is 0.818. The third kappa shape index (κ3) is 3.57. The van der Waals surface area contributed by atoms with Gasteiger partial charge in [-0.3, -0.25) is 0 Å². The van der Waals surface area contributed by atoms with Crippen molar-refractivity contribution in [3.8, 4) is 0 Å². The number of rotatable bonds is 7. The minimum atomic E-state index is 0.132. The molecule has 1 rings (SSSR count). The molecule has 2 N–H and O–H groups in total. The van der Waals surface area contributed by atoms with E-state index in [1.165, 1.54) is 0 Å². The van der Waals surface area contributed by atoms with Gasteiger partial charge in [0, 0.05) is 13.2 Å². The molecule has 1 aromatic heterocycles. The Kier molecular flexibility index (Phi) is 5.42. The predicted molar refractivity (Wildman–Crippen MR) is 60.9 cm³/mol. The summed E-state index contributed by atoms with van der Waals surface area (Å²) in [6.45, 7) is 7.89. The van der Waals surface area contributed by atoms with Gasteiger partial charge in [0.1, 0.15) is 6.61 Å². The molecule has 0 saturated carbocycles. The topological polar surface area (TPSA) is 74.2 Å². The molecule has 5 nitrogen and oxygen atoms in total. The lowest BCUT2D eigenvalue weighted by atomic mass is 9.96. The van der Waals surface area contributed by atoms with Crippen molar-refractivity contribution in [1.82, 2.24) is 10.1 Å². The maximum absolute atomic E-state index is 5.68. The Morgan fingerprint density at radius 3 is 2.75 bits per heavy atom. The molecule has 0 aliphatic rings. The zero-order chi connectivity index (χ0) is 12.0. The van der Waals surface area contributed by atoms with E-state index in [4.69, 9.17) is 15.0 Å². The van der Waals surface area contributed by atoms with Crippen LogP contribution >= 0.6 is 0 Å². The smallest absolute Gasteiger partial charge is 0.231 e. The van der Waals surface area contributed by atoms with Gasteiger partial charge < -0.3 is 15.0 Å². The van der Waals surface area contributed by atoms with Gasteiger partial charge in [0.25, 0.3) is 0 Å². The lowest BCUT2D eigenvalue weighted by Gasteiger charge is -2.13. The zero-order valence-electron chi connectivity index (χ0n) is 10.3. The maximum Gasteiger partial charge on any atom is 0.231 e. The SMILES string of the molecule is CCCOCc1noc(C(CN)C(C)C)n1. The fourth-order valence-corrected chi connectivity index (χ4v) is 1.44. The number of nitrogens with zero attached hydrogens (tertiary/aromatic N) is 2. The fourth-order valence-electron chi connectivity index (χ4n) is 1.44. The average molecular weight is 227 g/mol. The first-order chi connectivity index (χ1) is 7.69. The van der Waals surface area contributed by atoms with Crippen LogP contribution in [0.5, 0.6) is 0 Å². The van der Waals surface area contributed by atoms with Crippen LogP contribution in [-0.4, -0.2) is 23.3 Å². The quantitative estimate of drug-likeness (QED) is 0.717. The van der Waals surface area contributed by atoms with Crippen molar-refractivity contribution in [3.05, 3.63) is 11.7 Å². The Morgan fingerprint density at radius 2 is 2.19 bits per heavy atom. The summed E-state index contributed by atoms with van der Waals surface area (Å²) in [5.74, 6) is 1.75. The average Bonchev–Trinajstić information content (AvgIpc) is 2.67. The van der Waals surface area contributed by atoms with Gasteiger partial charge in [-0.1, -0.05) is 25.9 Å². The van der Waals surface area contributed by atoms with Gasteiger partial charge in [-0.05, 0) is 12.3 Å². The number of ether oxygens (including phenoxy) is 1. The molecule has 0 aliphatic heterocycles. The predicted octanol–water partition coefficient (Wildman–Crippen LogP) is 1.69. The zero-order valence-corrected chi connectivity index (χ0v) is 10.3. The van der Waals surface area contributed by atoms with Crippen LogP contribution in [0.4, 0.5) is 0 Å². The van der Waals surface area contributed by atoms with Crippen LogP contribution in [0, 0.1) is 5.92 Å². The summed E-state index contributed by atoms with van der Waals surface area (Å²) in [6.07, 6.45) is 0.988. The molecule has 1 heterocycles. The monoisotopic (exact) mass is 227 g/mol. The number of aromatic nitrogens is 2. The Morgan fingerprint density at radius 1 is 1.44 bits per heavy atom. The van der Waals surface area contributed by atoms with E-state index < -0.39 is 0 Å². The number of nitrogens with two attached hydrogens (primary N) is 1. The van der Waals surface area contributed by atoms with Gasteiger partial charge in [0.15, 0.2) is 5.82 Å². The van der Waals surface area contributed by atoms with Crippen LogP contribution in [0.1, 0.15) is 44.8 Å². The van der Waals surface area contributed by atoms with Crippen LogP contribution < -0.4 is 5.73 Å². The van der Waals surface area contributed by atoms with E-state index in [1.807, 2.05) is 0 Å². The third-order valence-corrected chi connectivity index (χ3v) is 2.44. The van der Waals surface area contributed by atoms with E-state index in [-0.39, 0.29) is 5.92 Å². The summed E-state index contributed by atoms with van der Waals surface area (Å²) < 4.78 is 10.5. The van der Waals surface area contributed by atoms with Gasteiger partial charge in [-0.15, -0.1) is 0 Å². The van der Waals surface area contributed by atoms with E-state index in [0.717, 1.165) is 6.42 Å². The molecule has 1 unspecified atom stereocenters. The molecule has 0 spiro atoms. The summed E-state index contributed by atoms with van der Waals surface area (Å²) >= 11 is 0. The number of hydrogen-bond donors (Lipinski definition) is 1. The highest BCUT2D eigenvalue weighted by molar-refractivity contribution is 4.95. The van der Waals surface area contributed by atoms with Gasteiger partial charge in [-0.25, -0.2) is 0 Å². The first kappa shape index (κ1) is 13.1. The number of hydrogen-bond acceptors (Lipinski definition) is 5. The standard InChI is InChI=1S/C11H21N3O2/c1-4-5-15-7-10-13-11(16-14-10)9(6-12)8(2)3/h8-9H,4-7,12H2,1-3H3. The highest BCUT2D eigenvalue weighted by Gasteiger charge is 2.20. The van der Waals surface area contributed by atoms with E-state index in [0.29, 0.717) is 37.4 Å². The Bertz CT molecular complexity index is 299. The van der Waals surface area contributed by atoms with E-state index in [2.05, 4.69) is 30.9 Å². The van der Waals surface area contributed by atoms with Crippen LogP contribution in [0.25, 0.3) is 0 Å². The highest BCUT2D eigenvalue weighted by Crippen LogP contribution is 2.21. The molecular weight excluding hydrogens is 206 g/mol. The summed E-state index contributed by atoms with van der Waals surface area (Å²) in [5.41, 5.74) is 5.68. The third-order valence-electron chi connectivity index (χ3n) is 2.44. The molecule has 0 saturated heterocycles. The normalized spacial score (nSPS) is 13.3. The van der Waals surface area contributed by atoms with Gasteiger partial charge in [-0.2, -0.15) is 4.98 Å². The second kappa shape index (κ2) is 6.60. The van der Waals surface area contributed by atoms with Crippen LogP contribution in [0.15, 0.2) is 4.52 Å².